The van der Waals surface area contributed by atoms with Crippen LogP contribution in [0.4, 0.5) is 0 Å². The maximum atomic E-state index is 10.9. The number of Topliss-reactive ketones (excluding diaryl/α,β-unsaturated/α-hetero) is 1. The minimum Gasteiger partial charge on any atom is -0.293 e. The molecular formula is C9H12BrNO. The first-order valence-electron chi connectivity index (χ1n) is 3.84. The van der Waals surface area contributed by atoms with E-state index in [9.17, 15) is 4.79 Å². The van der Waals surface area contributed by atoms with E-state index in [1.165, 1.54) is 0 Å². The van der Waals surface area contributed by atoms with Crippen LogP contribution in [0.5, 0.6) is 0 Å². The highest BCUT2D eigenvalue weighted by atomic mass is 79.9. The summed E-state index contributed by atoms with van der Waals surface area (Å²) in [4.78, 5) is 14.7. The second-order valence-corrected chi connectivity index (χ2v) is 2.36. The normalized spacial score (nSPS) is 8.25. The number of alkyl halides is 1. The number of rotatable bonds is 2. The Hall–Kier alpha value is -0.700. The van der Waals surface area contributed by atoms with Crippen LogP contribution in [0.2, 0.25) is 0 Å². The lowest BCUT2D eigenvalue weighted by molar-refractivity contribution is 0.102. The second kappa shape index (κ2) is 6.98. The average Bonchev–Trinajstić information content (AvgIpc) is 2.21. The van der Waals surface area contributed by atoms with Crippen molar-refractivity contribution in [2.24, 2.45) is 0 Å². The lowest BCUT2D eigenvalue weighted by Gasteiger charge is -1.92. The van der Waals surface area contributed by atoms with Crippen molar-refractivity contribution in [1.82, 2.24) is 4.98 Å². The van der Waals surface area contributed by atoms with Gasteiger partial charge in [0.25, 0.3) is 0 Å². The van der Waals surface area contributed by atoms with E-state index in [2.05, 4.69) is 20.9 Å². The predicted molar refractivity (Wildman–Crippen MR) is 53.7 cm³/mol. The summed E-state index contributed by atoms with van der Waals surface area (Å²) in [5.41, 5.74) is 0.652. The Balaban J connectivity index is 0.000000561. The van der Waals surface area contributed by atoms with Crippen LogP contribution >= 0.6 is 15.9 Å². The number of hydrogen-bond acceptors (Lipinski definition) is 2. The summed E-state index contributed by atoms with van der Waals surface area (Å²) in [6.45, 7) is 4.00. The molecule has 0 amide bonds. The Bertz CT molecular complexity index is 223. The van der Waals surface area contributed by atoms with Crippen LogP contribution in [-0.4, -0.2) is 16.1 Å². The third-order valence-corrected chi connectivity index (χ3v) is 1.61. The van der Waals surface area contributed by atoms with E-state index in [0.717, 1.165) is 0 Å². The monoisotopic (exact) mass is 229 g/mol. The van der Waals surface area contributed by atoms with Gasteiger partial charge >= 0.3 is 0 Å². The van der Waals surface area contributed by atoms with Crippen molar-refractivity contribution in [3.05, 3.63) is 30.1 Å². The lowest BCUT2D eigenvalue weighted by Crippen LogP contribution is -1.99. The topological polar surface area (TPSA) is 30.0 Å². The van der Waals surface area contributed by atoms with E-state index in [1.807, 2.05) is 13.8 Å². The van der Waals surface area contributed by atoms with Crippen LogP contribution in [0.15, 0.2) is 24.5 Å². The van der Waals surface area contributed by atoms with Gasteiger partial charge in [-0.3, -0.25) is 9.78 Å². The molecule has 1 heterocycles. The number of carbonyl (C=O) groups is 1. The molecule has 0 radical (unpaired) electrons. The van der Waals surface area contributed by atoms with Gasteiger partial charge in [0, 0.05) is 18.0 Å². The van der Waals surface area contributed by atoms with E-state index < -0.39 is 0 Å². The fourth-order valence-electron chi connectivity index (χ4n) is 0.605. The van der Waals surface area contributed by atoms with Gasteiger partial charge in [-0.2, -0.15) is 0 Å². The van der Waals surface area contributed by atoms with E-state index in [4.69, 9.17) is 0 Å². The molecule has 0 fully saturated rings. The number of pyridine rings is 1. The van der Waals surface area contributed by atoms with Crippen molar-refractivity contribution in [1.29, 1.82) is 0 Å². The first-order valence-corrected chi connectivity index (χ1v) is 4.96. The quantitative estimate of drug-likeness (QED) is 0.577. The van der Waals surface area contributed by atoms with Crippen LogP contribution in [0.1, 0.15) is 24.2 Å². The Morgan fingerprint density at radius 1 is 1.58 bits per heavy atom. The van der Waals surface area contributed by atoms with E-state index in [0.29, 0.717) is 10.9 Å². The highest BCUT2D eigenvalue weighted by Crippen LogP contribution is 1.98. The van der Waals surface area contributed by atoms with E-state index >= 15 is 0 Å². The van der Waals surface area contributed by atoms with Gasteiger partial charge in [0.15, 0.2) is 5.78 Å². The van der Waals surface area contributed by atoms with Gasteiger partial charge in [-0.15, -0.1) is 0 Å². The Labute approximate surface area is 81.1 Å². The molecule has 0 aliphatic carbocycles. The molecule has 1 aromatic heterocycles. The zero-order chi connectivity index (χ0) is 9.40. The summed E-state index contributed by atoms with van der Waals surface area (Å²) in [5, 5.41) is 0.360. The number of carbonyl (C=O) groups excluding carboxylic acids is 1. The van der Waals surface area contributed by atoms with Gasteiger partial charge in [0.2, 0.25) is 0 Å². The molecule has 66 valence electrons. The van der Waals surface area contributed by atoms with Gasteiger partial charge in [0.05, 0.1) is 5.33 Å². The summed E-state index contributed by atoms with van der Waals surface area (Å²) in [6, 6.07) is 3.49. The molecule has 0 spiro atoms. The Kier molecular flexibility index (Phi) is 6.57. The van der Waals surface area contributed by atoms with Crippen molar-refractivity contribution in [3.63, 3.8) is 0 Å². The fourth-order valence-corrected chi connectivity index (χ4v) is 0.929. The first-order chi connectivity index (χ1) is 5.84. The molecule has 3 heteroatoms. The second-order valence-electron chi connectivity index (χ2n) is 1.80. The maximum Gasteiger partial charge on any atom is 0.174 e. The van der Waals surface area contributed by atoms with Crippen molar-refractivity contribution in [3.8, 4) is 0 Å². The van der Waals surface area contributed by atoms with Crippen molar-refractivity contribution >= 4 is 21.7 Å². The summed E-state index contributed by atoms with van der Waals surface area (Å²) in [7, 11) is 0. The molecule has 1 rings (SSSR count). The predicted octanol–water partition coefficient (Wildman–Crippen LogP) is 2.69. The molecule has 0 aliphatic heterocycles. The number of ketones is 1. The third-order valence-electron chi connectivity index (χ3n) is 1.10. The molecule has 0 N–H and O–H groups in total. The molecule has 0 aliphatic rings. The third kappa shape index (κ3) is 3.62. The smallest absolute Gasteiger partial charge is 0.174 e. The van der Waals surface area contributed by atoms with Crippen molar-refractivity contribution < 1.29 is 4.79 Å². The number of nitrogens with zero attached hydrogens (tertiary/aromatic N) is 1. The van der Waals surface area contributed by atoms with Crippen LogP contribution in [0, 0.1) is 0 Å². The molecule has 0 aromatic carbocycles. The van der Waals surface area contributed by atoms with Gasteiger partial charge in [-0.05, 0) is 12.1 Å². The summed E-state index contributed by atoms with van der Waals surface area (Å²) in [6.07, 6.45) is 3.20. The molecular weight excluding hydrogens is 218 g/mol. The molecule has 0 saturated heterocycles. The van der Waals surface area contributed by atoms with Gasteiger partial charge < -0.3 is 0 Å². The van der Waals surface area contributed by atoms with E-state index in [1.54, 1.807) is 24.5 Å². The number of aromatic nitrogens is 1. The van der Waals surface area contributed by atoms with Crippen molar-refractivity contribution in [2.75, 3.05) is 5.33 Å². The number of hydrogen-bond donors (Lipinski definition) is 0. The van der Waals surface area contributed by atoms with E-state index in [-0.39, 0.29) is 5.78 Å². The van der Waals surface area contributed by atoms with Gasteiger partial charge in [0.1, 0.15) is 0 Å². The summed E-state index contributed by atoms with van der Waals surface area (Å²) >= 11 is 3.07. The summed E-state index contributed by atoms with van der Waals surface area (Å²) in [5.74, 6) is 0.0631. The highest BCUT2D eigenvalue weighted by Gasteiger charge is 2.00. The summed E-state index contributed by atoms with van der Waals surface area (Å²) < 4.78 is 0. The molecule has 0 unspecified atom stereocenters. The lowest BCUT2D eigenvalue weighted by atomic mass is 10.2. The molecule has 0 bridgehead atoms. The van der Waals surface area contributed by atoms with Crippen LogP contribution in [0.3, 0.4) is 0 Å². The molecule has 2 nitrogen and oxygen atoms in total. The van der Waals surface area contributed by atoms with Crippen molar-refractivity contribution in [2.45, 2.75) is 13.8 Å². The Morgan fingerprint density at radius 2 is 2.25 bits per heavy atom. The minimum absolute atomic E-state index is 0.0631. The highest BCUT2D eigenvalue weighted by molar-refractivity contribution is 9.09. The fraction of sp³-hybridized carbons (Fsp3) is 0.333. The molecule has 12 heavy (non-hydrogen) atoms. The van der Waals surface area contributed by atoms with Gasteiger partial charge in [-0.25, -0.2) is 0 Å². The standard InChI is InChI=1S/C7H6BrNO.C2H6/c8-4-7(10)6-2-1-3-9-5-6;1-2/h1-3,5H,4H2;1-2H3. The van der Waals surface area contributed by atoms with Gasteiger partial charge in [-0.1, -0.05) is 29.8 Å². The molecule has 0 atom stereocenters. The number of halogens is 1. The average molecular weight is 230 g/mol. The SMILES string of the molecule is CC.O=C(CBr)c1cccnc1. The zero-order valence-corrected chi connectivity index (χ0v) is 8.84. The first kappa shape index (κ1) is 11.3. The maximum absolute atomic E-state index is 10.9. The Morgan fingerprint density at radius 3 is 2.67 bits per heavy atom. The van der Waals surface area contributed by atoms with Crippen LogP contribution in [0.25, 0.3) is 0 Å². The molecule has 0 saturated carbocycles. The zero-order valence-electron chi connectivity index (χ0n) is 7.25. The van der Waals surface area contributed by atoms with Crippen LogP contribution in [-0.2, 0) is 0 Å². The minimum atomic E-state index is 0.0631. The van der Waals surface area contributed by atoms with Crippen LogP contribution < -0.4 is 0 Å². The largest absolute Gasteiger partial charge is 0.293 e. The molecule has 1 aromatic rings.